The SMILES string of the molecule is CCN[C@H]1C[C@@H](C(=O)OCC(C)C)CCN1CCC(CN(C)S(=O)(=O)c1ccccc1)c1ccccc1. The maximum atomic E-state index is 13.2. The molecule has 2 aromatic carbocycles. The lowest BCUT2D eigenvalue weighted by molar-refractivity contribution is -0.152. The number of nitrogens with one attached hydrogen (secondary N) is 1. The fraction of sp³-hybridized carbons (Fsp3) is 0.552. The van der Waals surface area contributed by atoms with Gasteiger partial charge in [-0.25, -0.2) is 12.7 Å². The highest BCUT2D eigenvalue weighted by molar-refractivity contribution is 7.89. The number of nitrogens with zero attached hydrogens (tertiary/aromatic N) is 2. The van der Waals surface area contributed by atoms with Crippen LogP contribution in [0.2, 0.25) is 0 Å². The summed E-state index contributed by atoms with van der Waals surface area (Å²) in [5.74, 6) is 0.185. The number of likely N-dealkylation sites (tertiary alicyclic amines) is 1. The number of hydrogen-bond donors (Lipinski definition) is 1. The van der Waals surface area contributed by atoms with Crippen molar-refractivity contribution in [1.82, 2.24) is 14.5 Å². The first kappa shape index (κ1) is 29.3. The zero-order valence-corrected chi connectivity index (χ0v) is 23.5. The average molecular weight is 530 g/mol. The van der Waals surface area contributed by atoms with Crippen molar-refractivity contribution < 1.29 is 17.9 Å². The molecule has 2 aromatic rings. The van der Waals surface area contributed by atoms with Gasteiger partial charge in [-0.15, -0.1) is 0 Å². The van der Waals surface area contributed by atoms with E-state index >= 15 is 0 Å². The van der Waals surface area contributed by atoms with Gasteiger partial charge < -0.3 is 10.1 Å². The Hall–Kier alpha value is -2.26. The first-order valence-corrected chi connectivity index (χ1v) is 14.9. The van der Waals surface area contributed by atoms with E-state index in [1.807, 2.05) is 38.1 Å². The largest absolute Gasteiger partial charge is 0.465 e. The number of carbonyl (C=O) groups excluding carboxylic acids is 1. The van der Waals surface area contributed by atoms with E-state index in [0.29, 0.717) is 24.0 Å². The maximum absolute atomic E-state index is 13.2. The molecule has 0 radical (unpaired) electrons. The molecule has 1 N–H and O–H groups in total. The van der Waals surface area contributed by atoms with Crippen LogP contribution in [0.5, 0.6) is 0 Å². The second-order valence-electron chi connectivity index (χ2n) is 10.3. The van der Waals surface area contributed by atoms with Gasteiger partial charge in [0.2, 0.25) is 10.0 Å². The van der Waals surface area contributed by atoms with Crippen LogP contribution in [-0.2, 0) is 19.6 Å². The van der Waals surface area contributed by atoms with Gasteiger partial charge in [0, 0.05) is 26.7 Å². The minimum Gasteiger partial charge on any atom is -0.465 e. The molecule has 0 aromatic heterocycles. The van der Waals surface area contributed by atoms with E-state index in [4.69, 9.17) is 4.74 Å². The van der Waals surface area contributed by atoms with Gasteiger partial charge in [0.1, 0.15) is 0 Å². The molecule has 1 saturated heterocycles. The molecule has 0 amide bonds. The summed E-state index contributed by atoms with van der Waals surface area (Å²) in [6.07, 6.45) is 2.40. The van der Waals surface area contributed by atoms with Crippen molar-refractivity contribution in [2.75, 3.05) is 39.8 Å². The predicted octanol–water partition coefficient (Wildman–Crippen LogP) is 4.33. The maximum Gasteiger partial charge on any atom is 0.309 e. The number of hydrogen-bond acceptors (Lipinski definition) is 6. The van der Waals surface area contributed by atoms with Gasteiger partial charge in [-0.1, -0.05) is 69.3 Å². The molecule has 0 spiro atoms. The van der Waals surface area contributed by atoms with Gasteiger partial charge in [-0.05, 0) is 55.3 Å². The molecular weight excluding hydrogens is 486 g/mol. The fourth-order valence-corrected chi connectivity index (χ4v) is 6.14. The standard InChI is InChI=1S/C29H43N3O4S/c1-5-30-28-20-25(29(33)36-22-23(2)3)16-18-32(28)19-17-26(24-12-8-6-9-13-24)21-31(4)37(34,35)27-14-10-7-11-15-27/h6-15,23,25-26,28,30H,5,16-22H2,1-4H3/t25-,26?,28+/m0/s1. The number of carbonyl (C=O) groups is 1. The molecule has 1 fully saturated rings. The number of sulfonamides is 1. The van der Waals surface area contributed by atoms with E-state index in [0.717, 1.165) is 44.5 Å². The molecule has 8 heteroatoms. The van der Waals surface area contributed by atoms with Crippen molar-refractivity contribution in [3.05, 3.63) is 66.2 Å². The Morgan fingerprint density at radius 1 is 1.11 bits per heavy atom. The number of rotatable bonds is 13. The van der Waals surface area contributed by atoms with Crippen LogP contribution in [0.4, 0.5) is 0 Å². The fourth-order valence-electron chi connectivity index (χ4n) is 4.90. The molecule has 204 valence electrons. The average Bonchev–Trinajstić information content (AvgIpc) is 2.91. The molecule has 7 nitrogen and oxygen atoms in total. The van der Waals surface area contributed by atoms with Gasteiger partial charge in [0.25, 0.3) is 0 Å². The monoisotopic (exact) mass is 529 g/mol. The topological polar surface area (TPSA) is 79.0 Å². The Kier molecular flexibility index (Phi) is 11.1. The molecule has 0 bridgehead atoms. The molecule has 1 aliphatic heterocycles. The molecule has 1 unspecified atom stereocenters. The van der Waals surface area contributed by atoms with E-state index in [-0.39, 0.29) is 24.0 Å². The van der Waals surface area contributed by atoms with Gasteiger partial charge in [0.15, 0.2) is 0 Å². The van der Waals surface area contributed by atoms with Crippen LogP contribution >= 0.6 is 0 Å². The van der Waals surface area contributed by atoms with Gasteiger partial charge in [-0.2, -0.15) is 0 Å². The summed E-state index contributed by atoms with van der Waals surface area (Å²) in [6, 6.07) is 18.7. The van der Waals surface area contributed by atoms with Crippen LogP contribution < -0.4 is 5.32 Å². The highest BCUT2D eigenvalue weighted by Gasteiger charge is 2.33. The van der Waals surface area contributed by atoms with Crippen LogP contribution in [0, 0.1) is 11.8 Å². The Morgan fingerprint density at radius 2 is 1.76 bits per heavy atom. The lowest BCUT2D eigenvalue weighted by Gasteiger charge is -2.40. The first-order chi connectivity index (χ1) is 17.7. The molecule has 0 aliphatic carbocycles. The van der Waals surface area contributed by atoms with Gasteiger partial charge >= 0.3 is 5.97 Å². The highest BCUT2D eigenvalue weighted by atomic mass is 32.2. The van der Waals surface area contributed by atoms with Crippen LogP contribution in [0.25, 0.3) is 0 Å². The van der Waals surface area contributed by atoms with Crippen LogP contribution in [0.1, 0.15) is 51.5 Å². The highest BCUT2D eigenvalue weighted by Crippen LogP contribution is 2.28. The summed E-state index contributed by atoms with van der Waals surface area (Å²) in [6.45, 7) is 9.45. The number of ether oxygens (including phenoxy) is 1. The Labute approximate surface area is 223 Å². The zero-order chi connectivity index (χ0) is 26.8. The van der Waals surface area contributed by atoms with Gasteiger partial charge in [0.05, 0.1) is 23.6 Å². The first-order valence-electron chi connectivity index (χ1n) is 13.4. The minimum absolute atomic E-state index is 0.0423. The summed E-state index contributed by atoms with van der Waals surface area (Å²) in [7, 11) is -1.92. The zero-order valence-electron chi connectivity index (χ0n) is 22.7. The number of likely N-dealkylation sites (N-methyl/N-ethyl adjacent to an activating group) is 1. The number of esters is 1. The second kappa shape index (κ2) is 14.0. The molecule has 3 atom stereocenters. The quantitative estimate of drug-likeness (QED) is 0.389. The Morgan fingerprint density at radius 3 is 2.38 bits per heavy atom. The third-order valence-electron chi connectivity index (χ3n) is 7.01. The number of benzene rings is 2. The predicted molar refractivity (Wildman–Crippen MR) is 148 cm³/mol. The van der Waals surface area contributed by atoms with Crippen molar-refractivity contribution in [1.29, 1.82) is 0 Å². The summed E-state index contributed by atoms with van der Waals surface area (Å²) >= 11 is 0. The van der Waals surface area contributed by atoms with Crippen molar-refractivity contribution in [3.8, 4) is 0 Å². The summed E-state index contributed by atoms with van der Waals surface area (Å²) < 4.78 is 33.4. The number of piperidine rings is 1. The third kappa shape index (κ3) is 8.37. The van der Waals surface area contributed by atoms with Crippen LogP contribution in [0.15, 0.2) is 65.6 Å². The summed E-state index contributed by atoms with van der Waals surface area (Å²) in [5, 5.41) is 3.55. The van der Waals surface area contributed by atoms with Crippen molar-refractivity contribution >= 4 is 16.0 Å². The lowest BCUT2D eigenvalue weighted by Crippen LogP contribution is -2.52. The Balaban J connectivity index is 1.68. The molecule has 3 rings (SSSR count). The Bertz CT molecular complexity index is 1060. The van der Waals surface area contributed by atoms with Crippen LogP contribution in [0.3, 0.4) is 0 Å². The molecule has 1 aliphatic rings. The van der Waals surface area contributed by atoms with Crippen molar-refractivity contribution in [3.63, 3.8) is 0 Å². The minimum atomic E-state index is -3.58. The van der Waals surface area contributed by atoms with E-state index in [1.54, 1.807) is 31.3 Å². The van der Waals surface area contributed by atoms with E-state index < -0.39 is 10.0 Å². The van der Waals surface area contributed by atoms with E-state index in [1.165, 1.54) is 4.31 Å². The van der Waals surface area contributed by atoms with Crippen LogP contribution in [-0.4, -0.2) is 69.6 Å². The summed E-state index contributed by atoms with van der Waals surface area (Å²) in [5.41, 5.74) is 1.13. The van der Waals surface area contributed by atoms with Gasteiger partial charge in [-0.3, -0.25) is 9.69 Å². The smallest absolute Gasteiger partial charge is 0.309 e. The molecule has 0 saturated carbocycles. The third-order valence-corrected chi connectivity index (χ3v) is 8.85. The molecular formula is C29H43N3O4S. The van der Waals surface area contributed by atoms with Crippen molar-refractivity contribution in [2.45, 2.75) is 57.0 Å². The lowest BCUT2D eigenvalue weighted by atomic mass is 9.92. The summed E-state index contributed by atoms with van der Waals surface area (Å²) in [4.78, 5) is 15.3. The van der Waals surface area contributed by atoms with E-state index in [9.17, 15) is 13.2 Å². The van der Waals surface area contributed by atoms with Crippen molar-refractivity contribution in [2.24, 2.45) is 11.8 Å². The normalized spacial score (nSPS) is 19.7. The molecule has 37 heavy (non-hydrogen) atoms. The molecule has 1 heterocycles. The van der Waals surface area contributed by atoms with E-state index in [2.05, 4.69) is 29.3 Å². The second-order valence-corrected chi connectivity index (χ2v) is 12.4.